The van der Waals surface area contributed by atoms with Crippen molar-refractivity contribution in [2.45, 2.75) is 12.3 Å². The summed E-state index contributed by atoms with van der Waals surface area (Å²) >= 11 is 0. The van der Waals surface area contributed by atoms with E-state index in [-0.39, 0.29) is 12.3 Å². The fourth-order valence-corrected chi connectivity index (χ4v) is 4.25. The maximum atomic E-state index is 4.44. The van der Waals surface area contributed by atoms with E-state index in [0.717, 1.165) is 22.3 Å². The smallest absolute Gasteiger partial charge is 0.168 e. The average Bonchev–Trinajstić information content (AvgIpc) is 3.70. The fourth-order valence-electron chi connectivity index (χ4n) is 4.25. The molecule has 0 N–H and O–H groups in total. The van der Waals surface area contributed by atoms with E-state index in [4.69, 9.17) is 0 Å². The zero-order valence-electron chi connectivity index (χ0n) is 18.3. The number of aromatic nitrogens is 8. The lowest BCUT2D eigenvalue weighted by Crippen LogP contribution is -2.20. The molecule has 0 aliphatic rings. The molecule has 34 heavy (non-hydrogen) atoms. The van der Waals surface area contributed by atoms with Crippen molar-refractivity contribution in [3.05, 3.63) is 133 Å². The van der Waals surface area contributed by atoms with Crippen molar-refractivity contribution in [2.24, 2.45) is 0 Å². The maximum absolute atomic E-state index is 4.44. The summed E-state index contributed by atoms with van der Waals surface area (Å²) in [6.45, 7) is 0. The highest BCUT2D eigenvalue weighted by Crippen LogP contribution is 2.27. The van der Waals surface area contributed by atoms with E-state index in [1.807, 2.05) is 67.8 Å². The van der Waals surface area contributed by atoms with Crippen molar-refractivity contribution in [3.8, 4) is 11.1 Å². The first-order valence-electron chi connectivity index (χ1n) is 11.0. The van der Waals surface area contributed by atoms with Gasteiger partial charge in [0.2, 0.25) is 0 Å². The van der Waals surface area contributed by atoms with Crippen LogP contribution in [0.5, 0.6) is 0 Å². The summed E-state index contributed by atoms with van der Waals surface area (Å²) in [6.07, 6.45) is 14.7. The molecule has 0 saturated carbocycles. The highest BCUT2D eigenvalue weighted by Gasteiger charge is 2.18. The Balaban J connectivity index is 1.29. The molecular formula is C26H22N8. The number of rotatable bonds is 7. The number of hydrogen-bond acceptors (Lipinski definition) is 4. The van der Waals surface area contributed by atoms with E-state index >= 15 is 0 Å². The maximum Gasteiger partial charge on any atom is 0.168 e. The first kappa shape index (κ1) is 19.9. The van der Waals surface area contributed by atoms with Crippen molar-refractivity contribution < 1.29 is 0 Å². The predicted molar refractivity (Wildman–Crippen MR) is 128 cm³/mol. The first-order chi connectivity index (χ1) is 16.9. The summed E-state index contributed by atoms with van der Waals surface area (Å²) in [5, 5.41) is 17.8. The van der Waals surface area contributed by atoms with Crippen LogP contribution in [0.25, 0.3) is 11.1 Å². The van der Waals surface area contributed by atoms with Gasteiger partial charge >= 0.3 is 0 Å². The Morgan fingerprint density at radius 3 is 0.941 bits per heavy atom. The lowest BCUT2D eigenvalue weighted by molar-refractivity contribution is 0.418. The molecule has 8 heteroatoms. The monoisotopic (exact) mass is 446 g/mol. The third-order valence-electron chi connectivity index (χ3n) is 5.85. The molecule has 8 nitrogen and oxygen atoms in total. The molecule has 0 bridgehead atoms. The Labute approximate surface area is 196 Å². The molecular weight excluding hydrogens is 424 g/mol. The zero-order chi connectivity index (χ0) is 22.7. The minimum atomic E-state index is -0.134. The topological polar surface area (TPSA) is 71.3 Å². The Kier molecular flexibility index (Phi) is 5.08. The second kappa shape index (κ2) is 8.67. The van der Waals surface area contributed by atoms with Crippen LogP contribution < -0.4 is 0 Å². The lowest BCUT2D eigenvalue weighted by atomic mass is 10.0. The van der Waals surface area contributed by atoms with Gasteiger partial charge in [0.15, 0.2) is 12.3 Å². The van der Waals surface area contributed by atoms with Crippen LogP contribution in [0.2, 0.25) is 0 Å². The Hall–Kier alpha value is -4.72. The Bertz CT molecular complexity index is 1230. The minimum Gasteiger partial charge on any atom is -0.244 e. The molecule has 6 aromatic rings. The molecule has 2 aromatic carbocycles. The Morgan fingerprint density at radius 1 is 0.412 bits per heavy atom. The predicted octanol–water partition coefficient (Wildman–Crippen LogP) is 4.33. The molecule has 0 amide bonds. The van der Waals surface area contributed by atoms with Gasteiger partial charge in [0.25, 0.3) is 0 Å². The molecule has 0 aliphatic heterocycles. The van der Waals surface area contributed by atoms with Gasteiger partial charge in [-0.05, 0) is 46.5 Å². The fraction of sp³-hybridized carbons (Fsp3) is 0.0769. The highest BCUT2D eigenvalue weighted by molar-refractivity contribution is 5.64. The third kappa shape index (κ3) is 3.71. The van der Waals surface area contributed by atoms with Gasteiger partial charge in [0, 0.05) is 49.6 Å². The molecule has 0 saturated heterocycles. The van der Waals surface area contributed by atoms with Gasteiger partial charge in [-0.25, -0.2) is 18.7 Å². The molecule has 4 aromatic heterocycles. The van der Waals surface area contributed by atoms with Gasteiger partial charge < -0.3 is 0 Å². The summed E-state index contributed by atoms with van der Waals surface area (Å²) in [5.41, 5.74) is 4.49. The van der Waals surface area contributed by atoms with Crippen LogP contribution in [0.3, 0.4) is 0 Å². The van der Waals surface area contributed by atoms with Crippen molar-refractivity contribution in [1.82, 2.24) is 39.1 Å². The van der Waals surface area contributed by atoms with Gasteiger partial charge in [0.1, 0.15) is 0 Å². The van der Waals surface area contributed by atoms with Crippen molar-refractivity contribution in [2.75, 3.05) is 0 Å². The third-order valence-corrected chi connectivity index (χ3v) is 5.85. The van der Waals surface area contributed by atoms with E-state index in [1.54, 1.807) is 24.8 Å². The Morgan fingerprint density at radius 2 is 0.706 bits per heavy atom. The van der Waals surface area contributed by atoms with E-state index in [2.05, 4.69) is 68.9 Å². The van der Waals surface area contributed by atoms with Crippen LogP contribution in [0.1, 0.15) is 23.5 Å². The standard InChI is InChI=1S/C26H22N8/c1-13-27-31(17-1)25(32-18-2-14-28-32)23-9-5-21(6-10-23)22-7-11-24(12-8-22)26(33-19-3-15-29-33)34-20-4-16-30-34/h1-20,25-26H. The van der Waals surface area contributed by atoms with E-state index in [9.17, 15) is 0 Å². The number of hydrogen-bond donors (Lipinski definition) is 0. The largest absolute Gasteiger partial charge is 0.244 e. The van der Waals surface area contributed by atoms with Gasteiger partial charge in [-0.2, -0.15) is 20.4 Å². The molecule has 6 rings (SSSR count). The van der Waals surface area contributed by atoms with Gasteiger partial charge in [-0.1, -0.05) is 48.5 Å². The second-order valence-corrected chi connectivity index (χ2v) is 7.94. The highest BCUT2D eigenvalue weighted by atomic mass is 15.4. The summed E-state index contributed by atoms with van der Waals surface area (Å²) < 4.78 is 7.62. The summed E-state index contributed by atoms with van der Waals surface area (Å²) in [5.74, 6) is 0. The van der Waals surface area contributed by atoms with Gasteiger partial charge in [-0.15, -0.1) is 0 Å². The average molecular weight is 447 g/mol. The summed E-state index contributed by atoms with van der Waals surface area (Å²) in [6, 6.07) is 24.8. The number of benzene rings is 2. The second-order valence-electron chi connectivity index (χ2n) is 7.94. The van der Waals surface area contributed by atoms with Crippen LogP contribution in [-0.2, 0) is 0 Å². The van der Waals surface area contributed by atoms with Crippen LogP contribution in [0, 0.1) is 0 Å². The van der Waals surface area contributed by atoms with Gasteiger partial charge in [-0.3, -0.25) is 0 Å². The molecule has 0 radical (unpaired) electrons. The quantitative estimate of drug-likeness (QED) is 0.366. The molecule has 0 unspecified atom stereocenters. The normalized spacial score (nSPS) is 11.5. The van der Waals surface area contributed by atoms with E-state index < -0.39 is 0 Å². The van der Waals surface area contributed by atoms with Crippen molar-refractivity contribution >= 4 is 0 Å². The van der Waals surface area contributed by atoms with E-state index in [1.165, 1.54) is 0 Å². The van der Waals surface area contributed by atoms with Crippen LogP contribution in [0.15, 0.2) is 122 Å². The summed E-state index contributed by atoms with van der Waals surface area (Å²) in [7, 11) is 0. The van der Waals surface area contributed by atoms with Crippen molar-refractivity contribution in [3.63, 3.8) is 0 Å². The SMILES string of the molecule is c1cnn(C(c2ccc(-c3ccc(C(n4cccn4)n4cccn4)cc3)cc2)n2cccn2)c1. The molecule has 4 heterocycles. The number of nitrogens with zero attached hydrogens (tertiary/aromatic N) is 8. The van der Waals surface area contributed by atoms with Crippen molar-refractivity contribution in [1.29, 1.82) is 0 Å². The molecule has 166 valence electrons. The minimum absolute atomic E-state index is 0.134. The van der Waals surface area contributed by atoms with Crippen LogP contribution in [-0.4, -0.2) is 39.1 Å². The summed E-state index contributed by atoms with van der Waals surface area (Å²) in [4.78, 5) is 0. The molecule has 0 atom stereocenters. The molecule has 0 fully saturated rings. The van der Waals surface area contributed by atoms with Gasteiger partial charge in [0.05, 0.1) is 0 Å². The molecule has 0 aliphatic carbocycles. The van der Waals surface area contributed by atoms with Crippen LogP contribution in [0.4, 0.5) is 0 Å². The zero-order valence-corrected chi connectivity index (χ0v) is 18.3. The lowest BCUT2D eigenvalue weighted by Gasteiger charge is -2.20. The van der Waals surface area contributed by atoms with Crippen LogP contribution >= 0.6 is 0 Å². The molecule has 0 spiro atoms. The first-order valence-corrected chi connectivity index (χ1v) is 11.0. The van der Waals surface area contributed by atoms with E-state index in [0.29, 0.717) is 0 Å².